The van der Waals surface area contributed by atoms with E-state index < -0.39 is 0 Å². The standard InChI is InChI=1S/C14H12Cl2N4S/c1-9-3-2-4-11(18-9)8-17-20-14(21)19-13-6-5-10(15)7-12(13)16/h2-8H,1H3,(H2,19,20,21)/b17-8-. The first kappa shape index (κ1) is 15.7. The molecule has 0 aliphatic rings. The monoisotopic (exact) mass is 338 g/mol. The number of thiocarbonyl (C=S) groups is 1. The molecule has 2 rings (SSSR count). The number of rotatable bonds is 3. The Morgan fingerprint density at radius 3 is 2.81 bits per heavy atom. The third-order valence-corrected chi connectivity index (χ3v) is 3.19. The second-order valence-electron chi connectivity index (χ2n) is 4.15. The van der Waals surface area contributed by atoms with E-state index in [-0.39, 0.29) is 0 Å². The number of benzene rings is 1. The molecule has 1 aromatic heterocycles. The summed E-state index contributed by atoms with van der Waals surface area (Å²) in [5, 5.41) is 8.31. The number of anilines is 1. The summed E-state index contributed by atoms with van der Waals surface area (Å²) in [6, 6.07) is 10.8. The van der Waals surface area contributed by atoms with Crippen LogP contribution in [0.15, 0.2) is 41.5 Å². The van der Waals surface area contributed by atoms with E-state index in [1.807, 2.05) is 25.1 Å². The molecule has 0 aliphatic heterocycles. The van der Waals surface area contributed by atoms with Crippen LogP contribution in [-0.4, -0.2) is 16.3 Å². The van der Waals surface area contributed by atoms with E-state index in [1.54, 1.807) is 24.4 Å². The number of hydrogen-bond donors (Lipinski definition) is 2. The highest BCUT2D eigenvalue weighted by Crippen LogP contribution is 2.25. The van der Waals surface area contributed by atoms with Gasteiger partial charge in [0.1, 0.15) is 0 Å². The fourth-order valence-electron chi connectivity index (χ4n) is 1.53. The number of aromatic nitrogens is 1. The molecule has 2 aromatic rings. The number of aryl methyl sites for hydroxylation is 1. The van der Waals surface area contributed by atoms with E-state index in [2.05, 4.69) is 20.8 Å². The van der Waals surface area contributed by atoms with Crippen LogP contribution in [0, 0.1) is 6.92 Å². The Hall–Kier alpha value is -1.69. The molecular formula is C14H12Cl2N4S. The van der Waals surface area contributed by atoms with Gasteiger partial charge in [0.2, 0.25) is 0 Å². The molecule has 0 aliphatic carbocycles. The lowest BCUT2D eigenvalue weighted by Gasteiger charge is -2.08. The van der Waals surface area contributed by atoms with Gasteiger partial charge < -0.3 is 5.32 Å². The van der Waals surface area contributed by atoms with Crippen LogP contribution in [0.4, 0.5) is 5.69 Å². The van der Waals surface area contributed by atoms with Crippen molar-refractivity contribution in [2.45, 2.75) is 6.92 Å². The van der Waals surface area contributed by atoms with Crippen molar-refractivity contribution in [2.75, 3.05) is 5.32 Å². The number of hydrazone groups is 1. The predicted molar refractivity (Wildman–Crippen MR) is 92.4 cm³/mol. The molecule has 0 saturated heterocycles. The quantitative estimate of drug-likeness (QED) is 0.504. The summed E-state index contributed by atoms with van der Waals surface area (Å²) in [6.07, 6.45) is 1.59. The van der Waals surface area contributed by atoms with Gasteiger partial charge in [-0.1, -0.05) is 29.3 Å². The van der Waals surface area contributed by atoms with Gasteiger partial charge in [-0.3, -0.25) is 10.4 Å². The number of nitrogens with zero attached hydrogens (tertiary/aromatic N) is 2. The molecule has 21 heavy (non-hydrogen) atoms. The Bertz CT molecular complexity index is 688. The summed E-state index contributed by atoms with van der Waals surface area (Å²) >= 11 is 17.0. The van der Waals surface area contributed by atoms with E-state index in [1.165, 1.54) is 0 Å². The van der Waals surface area contributed by atoms with Crippen LogP contribution >= 0.6 is 35.4 Å². The van der Waals surface area contributed by atoms with Gasteiger partial charge in [-0.15, -0.1) is 0 Å². The topological polar surface area (TPSA) is 49.3 Å². The molecule has 1 aromatic carbocycles. The third kappa shape index (κ3) is 4.97. The van der Waals surface area contributed by atoms with Gasteiger partial charge in [0.15, 0.2) is 5.11 Å². The fourth-order valence-corrected chi connectivity index (χ4v) is 2.15. The van der Waals surface area contributed by atoms with Crippen LogP contribution in [0.5, 0.6) is 0 Å². The van der Waals surface area contributed by atoms with Crippen LogP contribution < -0.4 is 10.7 Å². The van der Waals surface area contributed by atoms with Crippen LogP contribution in [0.2, 0.25) is 10.0 Å². The van der Waals surface area contributed by atoms with Crippen molar-refractivity contribution < 1.29 is 0 Å². The summed E-state index contributed by atoms with van der Waals surface area (Å²) in [7, 11) is 0. The first-order valence-electron chi connectivity index (χ1n) is 6.03. The molecule has 0 unspecified atom stereocenters. The van der Waals surface area contributed by atoms with E-state index in [4.69, 9.17) is 35.4 Å². The average Bonchev–Trinajstić information content (AvgIpc) is 2.42. The van der Waals surface area contributed by atoms with Crippen molar-refractivity contribution >= 4 is 52.4 Å². The Morgan fingerprint density at radius 2 is 2.10 bits per heavy atom. The van der Waals surface area contributed by atoms with Gasteiger partial charge in [-0.2, -0.15) is 5.10 Å². The molecule has 1 heterocycles. The Balaban J connectivity index is 1.93. The second-order valence-corrected chi connectivity index (χ2v) is 5.40. The molecule has 0 saturated carbocycles. The average molecular weight is 339 g/mol. The number of pyridine rings is 1. The van der Waals surface area contributed by atoms with E-state index in [9.17, 15) is 0 Å². The molecule has 2 N–H and O–H groups in total. The first-order chi connectivity index (χ1) is 10.0. The lowest BCUT2D eigenvalue weighted by atomic mass is 10.3. The first-order valence-corrected chi connectivity index (χ1v) is 7.20. The van der Waals surface area contributed by atoms with Gasteiger partial charge in [-0.05, 0) is 49.5 Å². The molecule has 0 radical (unpaired) electrons. The maximum absolute atomic E-state index is 6.04. The molecule has 7 heteroatoms. The Kier molecular flexibility index (Phi) is 5.50. The molecule has 0 atom stereocenters. The van der Waals surface area contributed by atoms with E-state index in [0.29, 0.717) is 20.8 Å². The zero-order chi connectivity index (χ0) is 15.2. The SMILES string of the molecule is Cc1cccc(/C=N\NC(=S)Nc2ccc(Cl)cc2Cl)n1. The van der Waals surface area contributed by atoms with Crippen molar-refractivity contribution in [1.82, 2.24) is 10.4 Å². The normalized spacial score (nSPS) is 10.6. The highest BCUT2D eigenvalue weighted by Gasteiger charge is 2.02. The van der Waals surface area contributed by atoms with Gasteiger partial charge in [0.25, 0.3) is 0 Å². The molecule has 4 nitrogen and oxygen atoms in total. The van der Waals surface area contributed by atoms with Gasteiger partial charge in [0.05, 0.1) is 22.6 Å². The van der Waals surface area contributed by atoms with E-state index >= 15 is 0 Å². The fraction of sp³-hybridized carbons (Fsp3) is 0.0714. The molecule has 0 bridgehead atoms. The predicted octanol–water partition coefficient (Wildman–Crippen LogP) is 4.02. The van der Waals surface area contributed by atoms with Crippen molar-refractivity contribution in [3.05, 3.63) is 57.8 Å². The van der Waals surface area contributed by atoms with Crippen LogP contribution in [0.1, 0.15) is 11.4 Å². The van der Waals surface area contributed by atoms with Gasteiger partial charge in [0, 0.05) is 10.7 Å². The number of hydrogen-bond acceptors (Lipinski definition) is 3. The zero-order valence-corrected chi connectivity index (χ0v) is 13.4. The summed E-state index contributed by atoms with van der Waals surface area (Å²) in [4.78, 5) is 4.29. The van der Waals surface area contributed by atoms with Gasteiger partial charge >= 0.3 is 0 Å². The lowest BCUT2D eigenvalue weighted by Crippen LogP contribution is -2.24. The Labute approximate surface area is 138 Å². The number of halogens is 2. The maximum atomic E-state index is 6.04. The largest absolute Gasteiger partial charge is 0.330 e. The summed E-state index contributed by atoms with van der Waals surface area (Å²) in [6.45, 7) is 1.92. The molecule has 0 fully saturated rings. The second kappa shape index (κ2) is 7.36. The number of nitrogens with one attached hydrogen (secondary N) is 2. The lowest BCUT2D eigenvalue weighted by molar-refractivity contribution is 1.04. The maximum Gasteiger partial charge on any atom is 0.191 e. The van der Waals surface area contributed by atoms with Crippen LogP contribution in [-0.2, 0) is 0 Å². The van der Waals surface area contributed by atoms with Gasteiger partial charge in [-0.25, -0.2) is 0 Å². The Morgan fingerprint density at radius 1 is 1.29 bits per heavy atom. The minimum Gasteiger partial charge on any atom is -0.330 e. The minimum atomic E-state index is 0.322. The zero-order valence-electron chi connectivity index (χ0n) is 11.1. The van der Waals surface area contributed by atoms with Crippen molar-refractivity contribution in [3.63, 3.8) is 0 Å². The highest BCUT2D eigenvalue weighted by atomic mass is 35.5. The molecule has 108 valence electrons. The molecular weight excluding hydrogens is 327 g/mol. The molecule has 0 spiro atoms. The van der Waals surface area contributed by atoms with Crippen LogP contribution in [0.3, 0.4) is 0 Å². The summed E-state index contributed by atoms with van der Waals surface area (Å²) in [5.41, 5.74) is 5.02. The highest BCUT2D eigenvalue weighted by molar-refractivity contribution is 7.80. The van der Waals surface area contributed by atoms with Crippen molar-refractivity contribution in [3.8, 4) is 0 Å². The third-order valence-electron chi connectivity index (χ3n) is 2.45. The smallest absolute Gasteiger partial charge is 0.191 e. The van der Waals surface area contributed by atoms with Crippen molar-refractivity contribution in [2.24, 2.45) is 5.10 Å². The molecule has 0 amide bonds. The van der Waals surface area contributed by atoms with E-state index in [0.717, 1.165) is 11.4 Å². The van der Waals surface area contributed by atoms with Crippen molar-refractivity contribution in [1.29, 1.82) is 0 Å². The van der Waals surface area contributed by atoms with Crippen LogP contribution in [0.25, 0.3) is 0 Å². The summed E-state index contributed by atoms with van der Waals surface area (Å²) in [5.74, 6) is 0. The summed E-state index contributed by atoms with van der Waals surface area (Å²) < 4.78 is 0. The minimum absolute atomic E-state index is 0.322.